The van der Waals surface area contributed by atoms with Crippen LogP contribution < -0.4 is 10.9 Å². The van der Waals surface area contributed by atoms with Crippen LogP contribution in [0.2, 0.25) is 0 Å². The van der Waals surface area contributed by atoms with Crippen molar-refractivity contribution in [3.8, 4) is 11.1 Å². The van der Waals surface area contributed by atoms with Crippen molar-refractivity contribution in [1.82, 2.24) is 19.3 Å². The highest BCUT2D eigenvalue weighted by molar-refractivity contribution is 5.87. The minimum absolute atomic E-state index is 0.102. The van der Waals surface area contributed by atoms with Crippen molar-refractivity contribution < 1.29 is 13.2 Å². The molecule has 1 aliphatic heterocycles. The van der Waals surface area contributed by atoms with Crippen LogP contribution in [-0.4, -0.2) is 33.2 Å². The second-order valence-electron chi connectivity index (χ2n) is 7.38. The summed E-state index contributed by atoms with van der Waals surface area (Å²) in [5.41, 5.74) is 1.18. The van der Waals surface area contributed by atoms with Crippen molar-refractivity contribution in [1.29, 1.82) is 0 Å². The number of rotatable bonds is 2. The molecule has 4 heterocycles. The Morgan fingerprint density at radius 2 is 1.90 bits per heavy atom. The van der Waals surface area contributed by atoms with Crippen molar-refractivity contribution in [2.75, 3.05) is 13.1 Å². The number of halogens is 3. The van der Waals surface area contributed by atoms with E-state index in [9.17, 15) is 18.0 Å². The Morgan fingerprint density at radius 3 is 2.66 bits per heavy atom. The highest BCUT2D eigenvalue weighted by atomic mass is 19.1. The second kappa shape index (κ2) is 6.45. The number of nitrogens with zero attached hydrogens (tertiary/aromatic N) is 3. The van der Waals surface area contributed by atoms with Crippen molar-refractivity contribution in [2.24, 2.45) is 0 Å². The molecule has 5 rings (SSSR count). The van der Waals surface area contributed by atoms with Crippen LogP contribution in [0.15, 0.2) is 47.7 Å². The number of imidazole rings is 1. The molecule has 4 aromatic rings. The van der Waals surface area contributed by atoms with Crippen molar-refractivity contribution in [3.63, 3.8) is 0 Å². The molecule has 29 heavy (non-hydrogen) atoms. The molecule has 1 fully saturated rings. The van der Waals surface area contributed by atoms with Gasteiger partial charge in [-0.1, -0.05) is 0 Å². The van der Waals surface area contributed by atoms with Gasteiger partial charge >= 0.3 is 0 Å². The van der Waals surface area contributed by atoms with E-state index >= 15 is 0 Å². The lowest BCUT2D eigenvalue weighted by atomic mass is 10.0. The summed E-state index contributed by atoms with van der Waals surface area (Å²) in [5, 5.41) is 3.17. The van der Waals surface area contributed by atoms with Crippen LogP contribution in [0.3, 0.4) is 0 Å². The molecule has 1 aliphatic rings. The van der Waals surface area contributed by atoms with Gasteiger partial charge in [0.2, 0.25) is 0 Å². The normalized spacial score (nSPS) is 19.4. The summed E-state index contributed by atoms with van der Waals surface area (Å²) in [5.74, 6) is -1.24. The third kappa shape index (κ3) is 2.82. The molecule has 0 spiro atoms. The fourth-order valence-corrected chi connectivity index (χ4v) is 4.01. The number of hydrogen-bond donors (Lipinski definition) is 1. The SMILES string of the molecule is Cc1cn2cc(-c3cc(F)c4c(=O)n([C@H]5CNC[C@@H]5F)ccc4c3)cc(F)c2n1. The summed E-state index contributed by atoms with van der Waals surface area (Å²) in [7, 11) is 0. The molecule has 0 radical (unpaired) electrons. The quantitative estimate of drug-likeness (QED) is 0.563. The van der Waals surface area contributed by atoms with E-state index in [-0.39, 0.29) is 17.6 Å². The van der Waals surface area contributed by atoms with E-state index in [1.165, 1.54) is 22.9 Å². The Hall–Kier alpha value is -3.13. The number of benzene rings is 1. The van der Waals surface area contributed by atoms with E-state index < -0.39 is 29.4 Å². The van der Waals surface area contributed by atoms with Gasteiger partial charge in [0.1, 0.15) is 12.0 Å². The lowest BCUT2D eigenvalue weighted by molar-refractivity contribution is 0.280. The van der Waals surface area contributed by atoms with Gasteiger partial charge in [0.15, 0.2) is 11.5 Å². The molecular formula is C21H17F3N4O. The summed E-state index contributed by atoms with van der Waals surface area (Å²) in [6.07, 6.45) is 3.63. The molecule has 1 saturated heterocycles. The number of nitrogens with one attached hydrogen (secondary N) is 1. The van der Waals surface area contributed by atoms with Crippen LogP contribution in [0.1, 0.15) is 11.7 Å². The molecule has 0 bridgehead atoms. The molecule has 3 aromatic heterocycles. The van der Waals surface area contributed by atoms with Crippen molar-refractivity contribution in [2.45, 2.75) is 19.1 Å². The Balaban J connectivity index is 1.67. The predicted molar refractivity (Wildman–Crippen MR) is 104 cm³/mol. The predicted octanol–water partition coefficient (Wildman–Crippen LogP) is 3.39. The zero-order valence-corrected chi connectivity index (χ0v) is 15.5. The lowest BCUT2D eigenvalue weighted by Gasteiger charge is -2.16. The molecule has 2 atom stereocenters. The van der Waals surface area contributed by atoms with Gasteiger partial charge in [-0.2, -0.15) is 0 Å². The third-order valence-corrected chi connectivity index (χ3v) is 5.41. The zero-order chi connectivity index (χ0) is 20.3. The maximum Gasteiger partial charge on any atom is 0.261 e. The molecule has 148 valence electrons. The molecule has 0 saturated carbocycles. The number of aryl methyl sites for hydroxylation is 1. The molecule has 0 aliphatic carbocycles. The van der Waals surface area contributed by atoms with E-state index in [0.29, 0.717) is 28.8 Å². The highest BCUT2D eigenvalue weighted by Crippen LogP contribution is 2.28. The second-order valence-corrected chi connectivity index (χ2v) is 7.38. The van der Waals surface area contributed by atoms with Crippen LogP contribution in [0.5, 0.6) is 0 Å². The Bertz CT molecular complexity index is 1330. The number of pyridine rings is 2. The largest absolute Gasteiger partial charge is 0.312 e. The topological polar surface area (TPSA) is 51.3 Å². The van der Waals surface area contributed by atoms with Gasteiger partial charge in [-0.05, 0) is 42.1 Å². The fourth-order valence-electron chi connectivity index (χ4n) is 4.01. The van der Waals surface area contributed by atoms with Crippen LogP contribution in [0.25, 0.3) is 27.5 Å². The molecule has 1 N–H and O–H groups in total. The molecular weight excluding hydrogens is 381 g/mol. The smallest absolute Gasteiger partial charge is 0.261 e. The highest BCUT2D eigenvalue weighted by Gasteiger charge is 2.29. The minimum Gasteiger partial charge on any atom is -0.312 e. The summed E-state index contributed by atoms with van der Waals surface area (Å²) in [6.45, 7) is 2.24. The monoisotopic (exact) mass is 398 g/mol. The van der Waals surface area contributed by atoms with Gasteiger partial charge in [0.05, 0.1) is 17.1 Å². The van der Waals surface area contributed by atoms with E-state index in [2.05, 4.69) is 10.3 Å². The lowest BCUT2D eigenvalue weighted by Crippen LogP contribution is -2.30. The maximum atomic E-state index is 14.9. The first-order valence-corrected chi connectivity index (χ1v) is 9.27. The van der Waals surface area contributed by atoms with E-state index in [4.69, 9.17) is 0 Å². The minimum atomic E-state index is -1.21. The summed E-state index contributed by atoms with van der Waals surface area (Å²) < 4.78 is 46.2. The number of fused-ring (bicyclic) bond motifs is 2. The first-order chi connectivity index (χ1) is 13.9. The number of hydrogen-bond acceptors (Lipinski definition) is 3. The Labute approximate surface area is 163 Å². The van der Waals surface area contributed by atoms with Gasteiger partial charge in [-0.15, -0.1) is 0 Å². The van der Waals surface area contributed by atoms with Crippen LogP contribution in [0.4, 0.5) is 13.2 Å². The van der Waals surface area contributed by atoms with Crippen LogP contribution >= 0.6 is 0 Å². The first kappa shape index (κ1) is 17.9. The third-order valence-electron chi connectivity index (χ3n) is 5.41. The average molecular weight is 398 g/mol. The molecule has 0 unspecified atom stereocenters. The Morgan fingerprint density at radius 1 is 1.10 bits per heavy atom. The van der Waals surface area contributed by atoms with Gasteiger partial charge in [-0.3, -0.25) is 4.79 Å². The van der Waals surface area contributed by atoms with Crippen molar-refractivity contribution in [3.05, 3.63) is 70.5 Å². The Kier molecular flexibility index (Phi) is 3.99. The molecule has 1 aromatic carbocycles. The molecule has 0 amide bonds. The van der Waals surface area contributed by atoms with E-state index in [1.807, 2.05) is 0 Å². The molecule has 8 heteroatoms. The van der Waals surface area contributed by atoms with Gasteiger partial charge < -0.3 is 14.3 Å². The maximum absolute atomic E-state index is 14.9. The fraction of sp³-hybridized carbons (Fsp3) is 0.238. The summed E-state index contributed by atoms with van der Waals surface area (Å²) in [4.78, 5) is 16.9. The van der Waals surface area contributed by atoms with Crippen LogP contribution in [0, 0.1) is 18.6 Å². The van der Waals surface area contributed by atoms with Gasteiger partial charge in [-0.25, -0.2) is 18.2 Å². The van der Waals surface area contributed by atoms with Crippen LogP contribution in [-0.2, 0) is 0 Å². The summed E-state index contributed by atoms with van der Waals surface area (Å²) in [6, 6.07) is 5.06. The molecule has 5 nitrogen and oxygen atoms in total. The average Bonchev–Trinajstić information content (AvgIpc) is 3.26. The van der Waals surface area contributed by atoms with Crippen molar-refractivity contribution >= 4 is 16.4 Å². The van der Waals surface area contributed by atoms with E-state index in [1.54, 1.807) is 35.9 Å². The van der Waals surface area contributed by atoms with E-state index in [0.717, 1.165) is 0 Å². The standard InChI is InChI=1S/C21H17F3N4O/c1-11-9-27-10-14(6-16(23)20(27)26-11)13-4-12-2-3-28(18-8-25-7-17(18)24)21(29)19(12)15(22)5-13/h2-6,9-10,17-18,25H,7-8H2,1H3/t17-,18-/m0/s1. The summed E-state index contributed by atoms with van der Waals surface area (Å²) >= 11 is 0. The zero-order valence-electron chi connectivity index (χ0n) is 15.5. The first-order valence-electron chi connectivity index (χ1n) is 9.27. The number of aromatic nitrogens is 3. The van der Waals surface area contributed by atoms with Gasteiger partial charge in [0.25, 0.3) is 5.56 Å². The number of alkyl halides is 1. The van der Waals surface area contributed by atoms with Gasteiger partial charge in [0, 0.05) is 37.2 Å².